The van der Waals surface area contributed by atoms with Gasteiger partial charge in [0.25, 0.3) is 0 Å². The predicted octanol–water partition coefficient (Wildman–Crippen LogP) is 5.10. The van der Waals surface area contributed by atoms with Crippen LogP contribution in [0.3, 0.4) is 0 Å². The smallest absolute Gasteiger partial charge is 0.339 e. The van der Waals surface area contributed by atoms with Gasteiger partial charge in [-0.1, -0.05) is 50.2 Å². The van der Waals surface area contributed by atoms with Crippen LogP contribution in [0.1, 0.15) is 32.0 Å². The second-order valence-electron chi connectivity index (χ2n) is 5.48. The molecule has 0 bridgehead atoms. The highest BCUT2D eigenvalue weighted by molar-refractivity contribution is 5.80. The van der Waals surface area contributed by atoms with Crippen molar-refractivity contribution in [2.75, 3.05) is 14.2 Å². The Bertz CT molecular complexity index is 875. The standard InChI is InChI=1S/C11H10O2.C9H13NO.C2H6.H2/c1-7-8(2)11(12)13-10-6-4-3-5-9(7)10;1-10-7-8-5-3-4-6-9(8)11-2;1-2;/h3-6H,1-2H3;3-6,10H,7H2,1-2H3;1-2H3;1H. The lowest BCUT2D eigenvalue weighted by Gasteiger charge is -2.06. The first kappa shape index (κ1) is 21.5. The Labute approximate surface area is 157 Å². The molecular formula is C22H31NO3. The molecule has 0 amide bonds. The number of benzene rings is 2. The van der Waals surface area contributed by atoms with Crippen LogP contribution in [0.25, 0.3) is 11.0 Å². The Morgan fingerprint density at radius 3 is 2.27 bits per heavy atom. The average molecular weight is 357 g/mol. The second-order valence-corrected chi connectivity index (χ2v) is 5.48. The van der Waals surface area contributed by atoms with E-state index in [4.69, 9.17) is 9.15 Å². The third kappa shape index (κ3) is 5.46. The maximum atomic E-state index is 11.3. The van der Waals surface area contributed by atoms with Gasteiger partial charge in [0.1, 0.15) is 11.3 Å². The largest absolute Gasteiger partial charge is 0.496 e. The first-order valence-electron chi connectivity index (χ1n) is 8.84. The van der Waals surface area contributed by atoms with Crippen LogP contribution in [0, 0.1) is 13.8 Å². The Balaban J connectivity index is 0.000000449. The summed E-state index contributed by atoms with van der Waals surface area (Å²) in [6.45, 7) is 8.58. The zero-order valence-corrected chi connectivity index (χ0v) is 16.6. The highest BCUT2D eigenvalue weighted by atomic mass is 16.5. The van der Waals surface area contributed by atoms with E-state index in [0.717, 1.165) is 23.2 Å². The number of hydrogen-bond acceptors (Lipinski definition) is 4. The fourth-order valence-electron chi connectivity index (χ4n) is 2.44. The van der Waals surface area contributed by atoms with Crippen molar-refractivity contribution in [1.82, 2.24) is 5.32 Å². The molecule has 0 aliphatic rings. The summed E-state index contributed by atoms with van der Waals surface area (Å²) in [6, 6.07) is 15.6. The minimum Gasteiger partial charge on any atom is -0.496 e. The van der Waals surface area contributed by atoms with Crippen molar-refractivity contribution in [3.63, 3.8) is 0 Å². The number of methoxy groups -OCH3 is 1. The van der Waals surface area contributed by atoms with E-state index in [2.05, 4.69) is 11.4 Å². The normalized spacial score (nSPS) is 9.62. The Morgan fingerprint density at radius 2 is 1.62 bits per heavy atom. The summed E-state index contributed by atoms with van der Waals surface area (Å²) >= 11 is 0. The third-order valence-electron chi connectivity index (χ3n) is 3.92. The predicted molar refractivity (Wildman–Crippen MR) is 111 cm³/mol. The molecule has 1 heterocycles. The first-order valence-corrected chi connectivity index (χ1v) is 8.84. The van der Waals surface area contributed by atoms with Gasteiger partial charge >= 0.3 is 5.63 Å². The summed E-state index contributed by atoms with van der Waals surface area (Å²) < 4.78 is 10.3. The van der Waals surface area contributed by atoms with Crippen molar-refractivity contribution >= 4 is 11.0 Å². The lowest BCUT2D eigenvalue weighted by atomic mass is 10.1. The number of para-hydroxylation sites is 2. The SMILES string of the molecule is CC.CNCc1ccccc1OC.Cc1c(C)c2ccccc2oc1=O.[HH]. The van der Waals surface area contributed by atoms with Crippen LogP contribution in [0.5, 0.6) is 5.75 Å². The third-order valence-corrected chi connectivity index (χ3v) is 3.92. The van der Waals surface area contributed by atoms with Gasteiger partial charge in [-0.15, -0.1) is 0 Å². The van der Waals surface area contributed by atoms with E-state index in [1.54, 1.807) is 14.0 Å². The van der Waals surface area contributed by atoms with Gasteiger partial charge in [0.2, 0.25) is 0 Å². The second kappa shape index (κ2) is 11.1. The van der Waals surface area contributed by atoms with Gasteiger partial charge in [-0.05, 0) is 38.6 Å². The molecule has 1 aromatic heterocycles. The van der Waals surface area contributed by atoms with Gasteiger partial charge in [-0.25, -0.2) is 4.79 Å². The van der Waals surface area contributed by atoms with Gasteiger partial charge in [-0.3, -0.25) is 0 Å². The monoisotopic (exact) mass is 357 g/mol. The fourth-order valence-corrected chi connectivity index (χ4v) is 2.44. The Morgan fingerprint density at radius 1 is 1.00 bits per heavy atom. The number of rotatable bonds is 3. The maximum Gasteiger partial charge on any atom is 0.339 e. The number of ether oxygens (including phenoxy) is 1. The van der Waals surface area contributed by atoms with Crippen molar-refractivity contribution in [3.8, 4) is 5.75 Å². The van der Waals surface area contributed by atoms with Crippen LogP contribution in [0.15, 0.2) is 57.7 Å². The lowest BCUT2D eigenvalue weighted by Crippen LogP contribution is -2.06. The lowest BCUT2D eigenvalue weighted by molar-refractivity contribution is 0.408. The Kier molecular flexibility index (Phi) is 9.17. The number of nitrogens with one attached hydrogen (secondary N) is 1. The molecule has 0 saturated carbocycles. The van der Waals surface area contributed by atoms with E-state index < -0.39 is 0 Å². The molecule has 142 valence electrons. The summed E-state index contributed by atoms with van der Waals surface area (Å²) in [5.41, 5.74) is 3.31. The van der Waals surface area contributed by atoms with E-state index in [1.807, 2.05) is 70.3 Å². The van der Waals surface area contributed by atoms with Crippen LogP contribution < -0.4 is 15.7 Å². The van der Waals surface area contributed by atoms with E-state index in [-0.39, 0.29) is 7.05 Å². The fraction of sp³-hybridized carbons (Fsp3) is 0.318. The minimum absolute atomic E-state index is 0. The van der Waals surface area contributed by atoms with Crippen molar-refractivity contribution in [2.24, 2.45) is 0 Å². The van der Waals surface area contributed by atoms with Crippen LogP contribution in [-0.4, -0.2) is 14.2 Å². The van der Waals surface area contributed by atoms with Gasteiger partial charge in [0.05, 0.1) is 7.11 Å². The maximum absolute atomic E-state index is 11.3. The molecular weight excluding hydrogens is 326 g/mol. The highest BCUT2D eigenvalue weighted by Gasteiger charge is 2.05. The molecule has 4 heteroatoms. The molecule has 1 N–H and O–H groups in total. The number of hydrogen-bond donors (Lipinski definition) is 1. The van der Waals surface area contributed by atoms with Crippen molar-refractivity contribution < 1.29 is 10.6 Å². The molecule has 3 rings (SSSR count). The molecule has 2 aromatic carbocycles. The van der Waals surface area contributed by atoms with Gasteiger partial charge in [0, 0.05) is 24.5 Å². The van der Waals surface area contributed by atoms with Crippen LogP contribution >= 0.6 is 0 Å². The summed E-state index contributed by atoms with van der Waals surface area (Å²) in [5, 5.41) is 4.09. The van der Waals surface area contributed by atoms with E-state index >= 15 is 0 Å². The summed E-state index contributed by atoms with van der Waals surface area (Å²) in [7, 11) is 3.61. The van der Waals surface area contributed by atoms with E-state index in [9.17, 15) is 4.79 Å². The van der Waals surface area contributed by atoms with Gasteiger partial charge < -0.3 is 14.5 Å². The molecule has 0 radical (unpaired) electrons. The highest BCUT2D eigenvalue weighted by Crippen LogP contribution is 2.18. The molecule has 3 aromatic rings. The first-order chi connectivity index (χ1) is 12.6. The Hall–Kier alpha value is -2.59. The van der Waals surface area contributed by atoms with Crippen LogP contribution in [-0.2, 0) is 6.54 Å². The van der Waals surface area contributed by atoms with E-state index in [0.29, 0.717) is 11.1 Å². The molecule has 0 atom stereocenters. The molecule has 0 aliphatic carbocycles. The molecule has 0 fully saturated rings. The van der Waals surface area contributed by atoms with Gasteiger partial charge in [-0.2, -0.15) is 0 Å². The minimum atomic E-state index is -0.240. The summed E-state index contributed by atoms with van der Waals surface area (Å²) in [6.07, 6.45) is 0. The van der Waals surface area contributed by atoms with Crippen LogP contribution in [0.2, 0.25) is 0 Å². The molecule has 0 spiro atoms. The van der Waals surface area contributed by atoms with Crippen molar-refractivity contribution in [1.29, 1.82) is 0 Å². The zero-order valence-electron chi connectivity index (χ0n) is 16.6. The zero-order chi connectivity index (χ0) is 19.5. The number of aryl methyl sites for hydroxylation is 1. The quantitative estimate of drug-likeness (QED) is 0.663. The van der Waals surface area contributed by atoms with Gasteiger partial charge in [0.15, 0.2) is 0 Å². The van der Waals surface area contributed by atoms with E-state index in [1.165, 1.54) is 5.56 Å². The molecule has 0 unspecified atom stereocenters. The van der Waals surface area contributed by atoms with Crippen LogP contribution in [0.4, 0.5) is 0 Å². The van der Waals surface area contributed by atoms with Crippen molar-refractivity contribution in [3.05, 3.63) is 75.6 Å². The topological polar surface area (TPSA) is 51.5 Å². The summed E-state index contributed by atoms with van der Waals surface area (Å²) in [4.78, 5) is 11.3. The van der Waals surface area contributed by atoms with Crippen molar-refractivity contribution in [2.45, 2.75) is 34.2 Å². The molecule has 26 heavy (non-hydrogen) atoms. The average Bonchev–Trinajstić information content (AvgIpc) is 2.69. The summed E-state index contributed by atoms with van der Waals surface area (Å²) in [5.74, 6) is 0.946. The molecule has 4 nitrogen and oxygen atoms in total. The molecule has 0 aliphatic heterocycles. The molecule has 0 saturated heterocycles. The number of fused-ring (bicyclic) bond motifs is 1.